The Balaban J connectivity index is 1.27. The second-order valence-electron chi connectivity index (χ2n) is 9.12. The molecule has 2 aromatic carbocycles. The summed E-state index contributed by atoms with van der Waals surface area (Å²) in [6.45, 7) is 1.49. The first kappa shape index (κ1) is 23.7. The summed E-state index contributed by atoms with van der Waals surface area (Å²) in [6.07, 6.45) is 1.40. The number of benzene rings is 2. The molecule has 10 heteroatoms. The lowest BCUT2D eigenvalue weighted by atomic mass is 10.1. The summed E-state index contributed by atoms with van der Waals surface area (Å²) in [7, 11) is 5.98. The number of halogens is 1. The molecule has 1 N–H and O–H groups in total. The van der Waals surface area contributed by atoms with Crippen LogP contribution in [0.2, 0.25) is 5.02 Å². The molecular formula is C25H27ClN6O2S. The molecule has 1 amide bonds. The molecule has 5 rings (SSSR count). The Hall–Kier alpha value is -3.01. The van der Waals surface area contributed by atoms with Crippen molar-refractivity contribution in [3.05, 3.63) is 47.0 Å². The van der Waals surface area contributed by atoms with E-state index in [1.165, 1.54) is 11.3 Å². The van der Waals surface area contributed by atoms with Gasteiger partial charge in [-0.3, -0.25) is 9.59 Å². The topological polar surface area (TPSA) is 83.4 Å². The normalized spacial score (nSPS) is 16.0. The number of aryl methyl sites for hydroxylation is 1. The fourth-order valence-electron chi connectivity index (χ4n) is 4.45. The van der Waals surface area contributed by atoms with E-state index in [1.807, 2.05) is 54.9 Å². The van der Waals surface area contributed by atoms with E-state index in [4.69, 9.17) is 11.6 Å². The number of fused-ring (bicyclic) bond motifs is 2. The zero-order valence-electron chi connectivity index (χ0n) is 19.9. The van der Waals surface area contributed by atoms with Gasteiger partial charge >= 0.3 is 0 Å². The van der Waals surface area contributed by atoms with Crippen molar-refractivity contribution >= 4 is 67.0 Å². The molecule has 0 radical (unpaired) electrons. The van der Waals surface area contributed by atoms with E-state index in [2.05, 4.69) is 20.2 Å². The van der Waals surface area contributed by atoms with Gasteiger partial charge in [-0.25, -0.2) is 9.97 Å². The maximum atomic E-state index is 12.8. The van der Waals surface area contributed by atoms with Gasteiger partial charge in [0.2, 0.25) is 11.9 Å². The number of amides is 1. The highest BCUT2D eigenvalue weighted by atomic mass is 35.5. The number of Topliss-reactive ketones (excluding diaryl/α,β-unsaturated/α-hetero) is 1. The highest BCUT2D eigenvalue weighted by Gasteiger charge is 2.27. The Labute approximate surface area is 212 Å². The predicted octanol–water partition coefficient (Wildman–Crippen LogP) is 4.71. The third kappa shape index (κ3) is 4.89. The number of ketones is 1. The summed E-state index contributed by atoms with van der Waals surface area (Å²) in [5, 5.41) is 4.67. The quantitative estimate of drug-likeness (QED) is 0.363. The molecule has 3 heterocycles. The van der Waals surface area contributed by atoms with E-state index in [1.54, 1.807) is 12.1 Å². The number of likely N-dealkylation sites (N-methyl/N-ethyl adjacent to an activating group) is 1. The summed E-state index contributed by atoms with van der Waals surface area (Å²) >= 11 is 7.59. The van der Waals surface area contributed by atoms with Crippen molar-refractivity contribution < 1.29 is 9.59 Å². The zero-order chi connectivity index (χ0) is 24.7. The van der Waals surface area contributed by atoms with Crippen LogP contribution in [-0.2, 0) is 11.8 Å². The number of thiazole rings is 1. The van der Waals surface area contributed by atoms with Crippen molar-refractivity contribution in [1.29, 1.82) is 0 Å². The summed E-state index contributed by atoms with van der Waals surface area (Å²) < 4.78 is 2.92. The maximum absolute atomic E-state index is 12.8. The average molecular weight is 511 g/mol. The highest BCUT2D eigenvalue weighted by molar-refractivity contribution is 7.22. The number of imidazole rings is 1. The van der Waals surface area contributed by atoms with Crippen molar-refractivity contribution in [3.63, 3.8) is 0 Å². The van der Waals surface area contributed by atoms with Gasteiger partial charge in [-0.2, -0.15) is 0 Å². The SMILES string of the molecule is CN(C)[C@@H]1CCN(C(=O)CCC(=O)c2ccc3c(c2)nc(Nc2nc4ccc(Cl)cc4s2)n3C)C1. The minimum Gasteiger partial charge on any atom is -0.341 e. The minimum atomic E-state index is -0.0492. The molecule has 1 fully saturated rings. The number of likely N-dealkylation sites (tertiary alicyclic amines) is 1. The molecule has 0 bridgehead atoms. The first-order valence-electron chi connectivity index (χ1n) is 11.6. The maximum Gasteiger partial charge on any atom is 0.223 e. The van der Waals surface area contributed by atoms with E-state index in [9.17, 15) is 9.59 Å². The van der Waals surface area contributed by atoms with Gasteiger partial charge in [0.25, 0.3) is 0 Å². The molecule has 0 saturated carbocycles. The summed E-state index contributed by atoms with van der Waals surface area (Å²) in [5.74, 6) is 0.631. The molecule has 8 nitrogen and oxygen atoms in total. The van der Waals surface area contributed by atoms with E-state index in [0.717, 1.165) is 35.2 Å². The number of nitrogens with zero attached hydrogens (tertiary/aromatic N) is 5. The van der Waals surface area contributed by atoms with Crippen molar-refractivity contribution in [2.75, 3.05) is 32.5 Å². The van der Waals surface area contributed by atoms with Crippen molar-refractivity contribution in [1.82, 2.24) is 24.3 Å². The van der Waals surface area contributed by atoms with Crippen LogP contribution in [0.25, 0.3) is 21.3 Å². The molecular weight excluding hydrogens is 484 g/mol. The fourth-order valence-corrected chi connectivity index (χ4v) is 5.58. The molecule has 1 saturated heterocycles. The Kier molecular flexibility index (Phi) is 6.48. The molecule has 2 aromatic heterocycles. The Morgan fingerprint density at radius 2 is 1.97 bits per heavy atom. The number of rotatable bonds is 7. The molecule has 35 heavy (non-hydrogen) atoms. The Bertz CT molecular complexity index is 1430. The highest BCUT2D eigenvalue weighted by Crippen LogP contribution is 2.31. The number of hydrogen-bond donors (Lipinski definition) is 1. The van der Waals surface area contributed by atoms with E-state index >= 15 is 0 Å². The Morgan fingerprint density at radius 3 is 2.74 bits per heavy atom. The van der Waals surface area contributed by atoms with Gasteiger partial charge in [0.1, 0.15) is 0 Å². The third-order valence-electron chi connectivity index (χ3n) is 6.58. The van der Waals surface area contributed by atoms with Crippen LogP contribution in [0, 0.1) is 0 Å². The van der Waals surface area contributed by atoms with Crippen LogP contribution >= 0.6 is 22.9 Å². The minimum absolute atomic E-state index is 0.0465. The van der Waals surface area contributed by atoms with Crippen LogP contribution in [0.1, 0.15) is 29.6 Å². The average Bonchev–Trinajstić information content (AvgIpc) is 3.55. The number of hydrogen-bond acceptors (Lipinski definition) is 7. The second kappa shape index (κ2) is 9.56. The van der Waals surface area contributed by atoms with Gasteiger partial charge in [0.05, 0.1) is 21.3 Å². The summed E-state index contributed by atoms with van der Waals surface area (Å²) in [6, 6.07) is 11.5. The van der Waals surface area contributed by atoms with Crippen LogP contribution < -0.4 is 5.32 Å². The van der Waals surface area contributed by atoms with Crippen molar-refractivity contribution in [2.24, 2.45) is 7.05 Å². The number of nitrogens with one attached hydrogen (secondary N) is 1. The first-order valence-corrected chi connectivity index (χ1v) is 12.7. The molecule has 0 spiro atoms. The van der Waals surface area contributed by atoms with Gasteiger partial charge in [-0.15, -0.1) is 0 Å². The Morgan fingerprint density at radius 1 is 1.14 bits per heavy atom. The molecule has 1 atom stereocenters. The van der Waals surface area contributed by atoms with Gasteiger partial charge in [-0.1, -0.05) is 22.9 Å². The van der Waals surface area contributed by atoms with E-state index in [0.29, 0.717) is 33.2 Å². The van der Waals surface area contributed by atoms with Crippen LogP contribution in [-0.4, -0.2) is 69.3 Å². The number of aromatic nitrogens is 3. The zero-order valence-corrected chi connectivity index (χ0v) is 21.5. The van der Waals surface area contributed by atoms with Gasteiger partial charge in [-0.05, 0) is 56.9 Å². The van der Waals surface area contributed by atoms with Crippen LogP contribution in [0.4, 0.5) is 11.1 Å². The largest absolute Gasteiger partial charge is 0.341 e. The van der Waals surface area contributed by atoms with Crippen molar-refractivity contribution in [2.45, 2.75) is 25.3 Å². The second-order valence-corrected chi connectivity index (χ2v) is 10.6. The van der Waals surface area contributed by atoms with Crippen molar-refractivity contribution in [3.8, 4) is 0 Å². The van der Waals surface area contributed by atoms with Crippen LogP contribution in [0.3, 0.4) is 0 Å². The molecule has 0 unspecified atom stereocenters. The van der Waals surface area contributed by atoms with E-state index in [-0.39, 0.29) is 24.5 Å². The molecule has 4 aromatic rings. The predicted molar refractivity (Wildman–Crippen MR) is 141 cm³/mol. The van der Waals surface area contributed by atoms with Gasteiger partial charge < -0.3 is 19.7 Å². The summed E-state index contributed by atoms with van der Waals surface area (Å²) in [4.78, 5) is 38.7. The fraction of sp³-hybridized carbons (Fsp3) is 0.360. The van der Waals surface area contributed by atoms with Gasteiger partial charge in [0, 0.05) is 49.6 Å². The molecule has 0 aliphatic carbocycles. The lowest BCUT2D eigenvalue weighted by molar-refractivity contribution is -0.130. The van der Waals surface area contributed by atoms with Gasteiger partial charge in [0.15, 0.2) is 10.9 Å². The molecule has 1 aliphatic heterocycles. The number of carbonyl (C=O) groups is 2. The standard InChI is InChI=1S/C25H27ClN6O2S/c1-30(2)17-10-11-32(14-17)23(34)9-8-21(33)15-4-7-20-19(12-15)27-24(31(20)3)29-25-28-18-6-5-16(26)13-22(18)35-25/h4-7,12-13,17H,8-11,14H2,1-3H3,(H,27,28,29)/t17-/m1/s1. The van der Waals surface area contributed by atoms with Crippen LogP contribution in [0.5, 0.6) is 0 Å². The molecule has 182 valence electrons. The monoisotopic (exact) mass is 510 g/mol. The lowest BCUT2D eigenvalue weighted by Crippen LogP contribution is -2.34. The van der Waals surface area contributed by atoms with E-state index < -0.39 is 0 Å². The lowest BCUT2D eigenvalue weighted by Gasteiger charge is -2.20. The number of anilines is 2. The molecule has 1 aliphatic rings. The summed E-state index contributed by atoms with van der Waals surface area (Å²) in [5.41, 5.74) is 3.05. The third-order valence-corrected chi connectivity index (χ3v) is 7.75. The smallest absolute Gasteiger partial charge is 0.223 e. The first-order chi connectivity index (χ1) is 16.8. The number of carbonyl (C=O) groups excluding carboxylic acids is 2. The van der Waals surface area contributed by atoms with Crippen LogP contribution in [0.15, 0.2) is 36.4 Å².